The summed E-state index contributed by atoms with van der Waals surface area (Å²) in [7, 11) is 1.52. The van der Waals surface area contributed by atoms with Crippen molar-refractivity contribution in [3.63, 3.8) is 0 Å². The van der Waals surface area contributed by atoms with Gasteiger partial charge in [0.25, 0.3) is 0 Å². The lowest BCUT2D eigenvalue weighted by molar-refractivity contribution is -0.137. The number of aromatic nitrogens is 1. The summed E-state index contributed by atoms with van der Waals surface area (Å²) in [6, 6.07) is 11.5. The number of anilines is 1. The number of nitriles is 1. The number of benzene rings is 2. The molecule has 0 atom stereocenters. The second kappa shape index (κ2) is 8.81. The van der Waals surface area contributed by atoms with Crippen LogP contribution in [0.5, 0.6) is 5.75 Å². The third-order valence-electron chi connectivity index (χ3n) is 4.02. The molecular formula is C20H13ClF3N3O2S. The van der Waals surface area contributed by atoms with E-state index in [1.54, 1.807) is 24.3 Å². The molecule has 0 saturated heterocycles. The molecule has 3 aromatic rings. The van der Waals surface area contributed by atoms with Crippen LogP contribution in [-0.2, 0) is 11.0 Å². The van der Waals surface area contributed by atoms with Gasteiger partial charge in [0.2, 0.25) is 5.91 Å². The average molecular weight is 452 g/mol. The Morgan fingerprint density at radius 3 is 2.70 bits per heavy atom. The Kier molecular flexibility index (Phi) is 6.39. The number of nitrogens with zero attached hydrogens (tertiary/aromatic N) is 2. The number of nitrogens with one attached hydrogen (secondary N) is 1. The molecule has 0 fully saturated rings. The van der Waals surface area contributed by atoms with Crippen molar-refractivity contribution >= 4 is 45.9 Å². The van der Waals surface area contributed by atoms with Gasteiger partial charge in [0.05, 0.1) is 40.2 Å². The Bertz CT molecular complexity index is 1160. The molecule has 1 heterocycles. The molecule has 10 heteroatoms. The van der Waals surface area contributed by atoms with E-state index in [-0.39, 0.29) is 22.0 Å². The molecule has 1 amide bonds. The maximum Gasteiger partial charge on any atom is 0.416 e. The molecule has 30 heavy (non-hydrogen) atoms. The molecule has 0 aliphatic heterocycles. The Morgan fingerprint density at radius 1 is 1.27 bits per heavy atom. The summed E-state index contributed by atoms with van der Waals surface area (Å²) in [6.07, 6.45) is -4.56. The maximum atomic E-state index is 12.9. The number of alkyl halides is 3. The first-order valence-electron chi connectivity index (χ1n) is 8.39. The largest absolute Gasteiger partial charge is 0.497 e. The Balaban J connectivity index is 1.77. The number of rotatable bonds is 5. The van der Waals surface area contributed by atoms with E-state index in [9.17, 15) is 23.2 Å². The molecule has 0 aliphatic carbocycles. The minimum absolute atomic E-state index is 0.0185. The van der Waals surface area contributed by atoms with E-state index in [1.165, 1.54) is 7.11 Å². The maximum absolute atomic E-state index is 12.9. The number of pyridine rings is 1. The lowest BCUT2D eigenvalue weighted by Crippen LogP contribution is -2.15. The Labute approximate surface area is 178 Å². The molecule has 1 N–H and O–H groups in total. The lowest BCUT2D eigenvalue weighted by atomic mass is 10.1. The first-order chi connectivity index (χ1) is 14.2. The summed E-state index contributed by atoms with van der Waals surface area (Å²) in [5.74, 6) is -0.172. The minimum Gasteiger partial charge on any atom is -0.497 e. The van der Waals surface area contributed by atoms with Crippen LogP contribution in [0.15, 0.2) is 47.5 Å². The van der Waals surface area contributed by atoms with Gasteiger partial charge in [-0.25, -0.2) is 4.98 Å². The van der Waals surface area contributed by atoms with Crippen LogP contribution in [0, 0.1) is 11.3 Å². The number of amides is 1. The number of halogens is 4. The van der Waals surface area contributed by atoms with E-state index < -0.39 is 17.6 Å². The summed E-state index contributed by atoms with van der Waals surface area (Å²) in [5.41, 5.74) is -0.208. The van der Waals surface area contributed by atoms with Gasteiger partial charge in [-0.2, -0.15) is 18.4 Å². The summed E-state index contributed by atoms with van der Waals surface area (Å²) >= 11 is 6.88. The molecule has 2 aromatic carbocycles. The van der Waals surface area contributed by atoms with Crippen LogP contribution in [-0.4, -0.2) is 23.8 Å². The van der Waals surface area contributed by atoms with Crippen LogP contribution in [0.2, 0.25) is 5.02 Å². The zero-order valence-corrected chi connectivity index (χ0v) is 17.0. The van der Waals surface area contributed by atoms with Crippen LogP contribution < -0.4 is 10.1 Å². The van der Waals surface area contributed by atoms with E-state index in [0.717, 1.165) is 35.3 Å². The van der Waals surface area contributed by atoms with Crippen LogP contribution in [0.4, 0.5) is 18.9 Å². The first-order valence-corrected chi connectivity index (χ1v) is 9.76. The van der Waals surface area contributed by atoms with Crippen molar-refractivity contribution in [2.75, 3.05) is 18.2 Å². The zero-order chi connectivity index (χ0) is 21.9. The van der Waals surface area contributed by atoms with Gasteiger partial charge in [0.15, 0.2) is 0 Å². The predicted octanol–water partition coefficient (Wildman–Crippen LogP) is 5.52. The topological polar surface area (TPSA) is 75.0 Å². The van der Waals surface area contributed by atoms with Crippen molar-refractivity contribution in [2.45, 2.75) is 11.2 Å². The summed E-state index contributed by atoms with van der Waals surface area (Å²) < 4.78 is 43.8. The van der Waals surface area contributed by atoms with E-state index >= 15 is 0 Å². The number of carbonyl (C=O) groups excluding carboxylic acids is 1. The van der Waals surface area contributed by atoms with Crippen LogP contribution in [0.1, 0.15) is 11.1 Å². The Morgan fingerprint density at radius 2 is 2.03 bits per heavy atom. The van der Waals surface area contributed by atoms with Crippen LogP contribution in [0.25, 0.3) is 10.9 Å². The minimum atomic E-state index is -4.56. The monoisotopic (exact) mass is 451 g/mol. The second-order valence-corrected chi connectivity index (χ2v) is 7.41. The number of methoxy groups -OCH3 is 1. The quantitative estimate of drug-likeness (QED) is 0.517. The number of fused-ring (bicyclic) bond motifs is 1. The molecule has 0 aliphatic rings. The van der Waals surface area contributed by atoms with E-state index in [4.69, 9.17) is 16.3 Å². The fourth-order valence-corrected chi connectivity index (χ4v) is 3.49. The average Bonchev–Trinajstić information content (AvgIpc) is 2.71. The van der Waals surface area contributed by atoms with E-state index in [1.807, 2.05) is 6.07 Å². The van der Waals surface area contributed by atoms with Crippen molar-refractivity contribution in [1.29, 1.82) is 5.26 Å². The van der Waals surface area contributed by atoms with Gasteiger partial charge in [0, 0.05) is 11.5 Å². The van der Waals surface area contributed by atoms with Gasteiger partial charge < -0.3 is 10.1 Å². The highest BCUT2D eigenvalue weighted by atomic mass is 35.5. The van der Waals surface area contributed by atoms with Gasteiger partial charge in [-0.15, -0.1) is 0 Å². The fraction of sp³-hybridized carbons (Fsp3) is 0.150. The number of hydrogen-bond donors (Lipinski definition) is 1. The number of carbonyl (C=O) groups is 1. The van der Waals surface area contributed by atoms with E-state index in [2.05, 4.69) is 10.3 Å². The van der Waals surface area contributed by atoms with Gasteiger partial charge in [0.1, 0.15) is 16.8 Å². The van der Waals surface area contributed by atoms with Crippen molar-refractivity contribution in [3.8, 4) is 11.8 Å². The number of hydrogen-bond acceptors (Lipinski definition) is 5. The first kappa shape index (κ1) is 21.7. The third kappa shape index (κ3) is 4.96. The molecule has 5 nitrogen and oxygen atoms in total. The van der Waals surface area contributed by atoms with Gasteiger partial charge in [-0.1, -0.05) is 23.4 Å². The number of ether oxygens (including phenoxy) is 1. The molecule has 0 radical (unpaired) electrons. The van der Waals surface area contributed by atoms with Crippen molar-refractivity contribution in [3.05, 3.63) is 58.6 Å². The van der Waals surface area contributed by atoms with Gasteiger partial charge in [-0.05, 0) is 36.4 Å². The molecule has 0 saturated carbocycles. The lowest BCUT2D eigenvalue weighted by Gasteiger charge is -2.12. The van der Waals surface area contributed by atoms with Crippen LogP contribution in [0.3, 0.4) is 0 Å². The zero-order valence-electron chi connectivity index (χ0n) is 15.4. The smallest absolute Gasteiger partial charge is 0.416 e. The standard InChI is InChI=1S/C20H13ClF3N3O2S/c1-29-14-4-2-11-6-12(9-25)19(27-16(11)8-14)30-10-18(28)26-17-7-13(20(22,23)24)3-5-15(17)21/h2-8H,10H2,1H3,(H,26,28). The summed E-state index contributed by atoms with van der Waals surface area (Å²) in [4.78, 5) is 16.7. The Hall–Kier alpha value is -2.96. The molecule has 154 valence electrons. The SMILES string of the molecule is COc1ccc2cc(C#N)c(SCC(=O)Nc3cc(C(F)(F)F)ccc3Cl)nc2c1. The van der Waals surface area contributed by atoms with Crippen molar-refractivity contribution < 1.29 is 22.7 Å². The van der Waals surface area contributed by atoms with Gasteiger partial charge >= 0.3 is 6.18 Å². The predicted molar refractivity (Wildman–Crippen MR) is 109 cm³/mol. The van der Waals surface area contributed by atoms with Crippen molar-refractivity contribution in [1.82, 2.24) is 4.98 Å². The normalized spacial score (nSPS) is 11.2. The molecule has 0 bridgehead atoms. The fourth-order valence-electron chi connectivity index (χ4n) is 2.56. The third-order valence-corrected chi connectivity index (χ3v) is 5.34. The van der Waals surface area contributed by atoms with Crippen molar-refractivity contribution in [2.24, 2.45) is 0 Å². The number of thioether (sulfide) groups is 1. The molecular weight excluding hydrogens is 439 g/mol. The molecule has 1 aromatic heterocycles. The molecule has 0 spiro atoms. The summed E-state index contributed by atoms with van der Waals surface area (Å²) in [6.45, 7) is 0. The van der Waals surface area contributed by atoms with Gasteiger partial charge in [-0.3, -0.25) is 4.79 Å². The second-order valence-electron chi connectivity index (χ2n) is 6.04. The highest BCUT2D eigenvalue weighted by Gasteiger charge is 2.31. The highest BCUT2D eigenvalue weighted by Crippen LogP contribution is 2.34. The molecule has 3 rings (SSSR count). The highest BCUT2D eigenvalue weighted by molar-refractivity contribution is 8.00. The van der Waals surface area contributed by atoms with E-state index in [0.29, 0.717) is 16.3 Å². The van der Waals surface area contributed by atoms with Crippen LogP contribution >= 0.6 is 23.4 Å². The molecule has 0 unspecified atom stereocenters. The summed E-state index contributed by atoms with van der Waals surface area (Å²) in [5, 5.41) is 12.8.